The molecule has 2 heterocycles. The van der Waals surface area contributed by atoms with Gasteiger partial charge in [-0.3, -0.25) is 14.5 Å². The summed E-state index contributed by atoms with van der Waals surface area (Å²) in [6.07, 6.45) is 0.890. The Hall–Kier alpha value is -3.65. The van der Waals surface area contributed by atoms with Crippen LogP contribution < -0.4 is 16.0 Å². The number of thioether (sulfide) groups is 1. The molecule has 1 aliphatic heterocycles. The number of hydrogen-bond donors (Lipinski definition) is 2. The van der Waals surface area contributed by atoms with Crippen LogP contribution in [-0.2, 0) is 9.59 Å². The number of nitriles is 1. The molecule has 0 saturated heterocycles. The van der Waals surface area contributed by atoms with Crippen LogP contribution in [0.5, 0.6) is 0 Å². The number of benzene rings is 2. The summed E-state index contributed by atoms with van der Waals surface area (Å²) in [5.41, 5.74) is 11.4. The Morgan fingerprint density at radius 2 is 2.00 bits per heavy atom. The van der Waals surface area contributed by atoms with E-state index in [-0.39, 0.29) is 34.3 Å². The van der Waals surface area contributed by atoms with Gasteiger partial charge in [0.2, 0.25) is 11.0 Å². The van der Waals surface area contributed by atoms with E-state index in [0.29, 0.717) is 44.2 Å². The number of anilines is 2. The summed E-state index contributed by atoms with van der Waals surface area (Å²) in [7, 11) is 0. The highest BCUT2D eigenvalue weighted by atomic mass is 35.5. The second-order valence-electron chi connectivity index (χ2n) is 11.0. The lowest BCUT2D eigenvalue weighted by molar-refractivity contribution is -0.118. The number of nitrogens with zero attached hydrogens (tertiary/aromatic N) is 4. The van der Waals surface area contributed by atoms with Crippen molar-refractivity contribution in [3.05, 3.63) is 86.8 Å². The fourth-order valence-electron chi connectivity index (χ4n) is 5.37. The zero-order chi connectivity index (χ0) is 29.5. The van der Waals surface area contributed by atoms with Crippen LogP contribution in [0.1, 0.15) is 49.3 Å². The molecule has 0 bridgehead atoms. The maximum absolute atomic E-state index is 13.7. The van der Waals surface area contributed by atoms with E-state index in [0.717, 1.165) is 16.8 Å². The molecule has 2 aliphatic rings. The van der Waals surface area contributed by atoms with Gasteiger partial charge in [0.25, 0.3) is 0 Å². The van der Waals surface area contributed by atoms with Crippen molar-refractivity contribution in [3.63, 3.8) is 0 Å². The molecule has 1 atom stereocenters. The normalized spacial score (nSPS) is 18.3. The number of nitrogens with two attached hydrogens (primary N) is 1. The van der Waals surface area contributed by atoms with Gasteiger partial charge in [-0.2, -0.15) is 5.26 Å². The Bertz CT molecular complexity index is 1670. The number of carbonyl (C=O) groups excluding carboxylic acids is 2. The van der Waals surface area contributed by atoms with Gasteiger partial charge in [-0.25, -0.2) is 0 Å². The van der Waals surface area contributed by atoms with Crippen LogP contribution in [0.15, 0.2) is 69.5 Å². The van der Waals surface area contributed by atoms with E-state index in [4.69, 9.17) is 17.3 Å². The van der Waals surface area contributed by atoms with E-state index in [9.17, 15) is 14.9 Å². The zero-order valence-electron chi connectivity index (χ0n) is 23.1. The fourth-order valence-corrected chi connectivity index (χ4v) is 7.29. The molecule has 0 fully saturated rings. The second kappa shape index (κ2) is 11.3. The van der Waals surface area contributed by atoms with Gasteiger partial charge in [-0.15, -0.1) is 10.2 Å². The average Bonchev–Trinajstić information content (AvgIpc) is 3.36. The molecule has 8 nitrogen and oxygen atoms in total. The van der Waals surface area contributed by atoms with Crippen molar-refractivity contribution in [2.45, 2.75) is 50.8 Å². The Morgan fingerprint density at radius 1 is 1.24 bits per heavy atom. The van der Waals surface area contributed by atoms with Gasteiger partial charge in [0, 0.05) is 28.4 Å². The monoisotopic (exact) mass is 604 g/mol. The molecule has 3 N–H and O–H groups in total. The first kappa shape index (κ1) is 28.9. The number of hydrogen-bond acceptors (Lipinski definition) is 9. The predicted molar refractivity (Wildman–Crippen MR) is 164 cm³/mol. The quantitative estimate of drug-likeness (QED) is 0.306. The molecule has 1 aliphatic carbocycles. The minimum absolute atomic E-state index is 0.0476. The second-order valence-corrected chi connectivity index (χ2v) is 13.6. The third-order valence-corrected chi connectivity index (χ3v) is 9.55. The number of carbonyl (C=O) groups is 2. The molecule has 1 amide bonds. The summed E-state index contributed by atoms with van der Waals surface area (Å²) < 4.78 is 0.568. The van der Waals surface area contributed by atoms with Crippen LogP contribution in [-0.4, -0.2) is 27.6 Å². The van der Waals surface area contributed by atoms with Crippen molar-refractivity contribution in [2.24, 2.45) is 11.1 Å². The number of allylic oxidation sites excluding steroid dienone is 3. The molecule has 0 radical (unpaired) electrons. The molecule has 5 rings (SSSR count). The third-order valence-electron chi connectivity index (χ3n) is 7.17. The molecule has 11 heteroatoms. The molecule has 210 valence electrons. The van der Waals surface area contributed by atoms with Crippen molar-refractivity contribution in [2.75, 3.05) is 16.0 Å². The molecule has 3 aromatic rings. The number of aromatic nitrogens is 2. The molecule has 2 aromatic carbocycles. The molecule has 0 saturated carbocycles. The van der Waals surface area contributed by atoms with Crippen LogP contribution in [0.25, 0.3) is 0 Å². The molecule has 0 spiro atoms. The van der Waals surface area contributed by atoms with Gasteiger partial charge < -0.3 is 11.1 Å². The van der Waals surface area contributed by atoms with E-state index in [1.54, 1.807) is 11.0 Å². The van der Waals surface area contributed by atoms with Crippen LogP contribution >= 0.6 is 34.7 Å². The number of nitrogens with one attached hydrogen (secondary N) is 1. The number of Topliss-reactive ketones (excluding diaryl/α,β-unsaturated/α-hetero) is 1. The van der Waals surface area contributed by atoms with E-state index in [2.05, 4.69) is 21.6 Å². The lowest BCUT2D eigenvalue weighted by Crippen LogP contribution is -2.42. The number of halogens is 1. The standard InChI is InChI=1S/C30H29ClN6O2S2/c1-16-9-10-21(17(2)11-16)34-24(39)15-40-29-36-35-28(41-29)37-22-12-30(3,4)13-23(38)26(22)25(19(14-32)27(37)33)18-7-5-6-8-20(18)31/h5-11,25H,12-13,15,33H2,1-4H3,(H,34,39). The Labute approximate surface area is 252 Å². The van der Waals surface area contributed by atoms with Gasteiger partial charge >= 0.3 is 0 Å². The van der Waals surface area contributed by atoms with E-state index >= 15 is 0 Å². The van der Waals surface area contributed by atoms with Gasteiger partial charge in [-0.05, 0) is 48.9 Å². The van der Waals surface area contributed by atoms with Crippen LogP contribution in [0, 0.1) is 30.6 Å². The minimum atomic E-state index is -0.667. The van der Waals surface area contributed by atoms with Crippen LogP contribution in [0.4, 0.5) is 10.8 Å². The van der Waals surface area contributed by atoms with E-state index < -0.39 is 5.92 Å². The number of amides is 1. The number of rotatable bonds is 6. The predicted octanol–water partition coefficient (Wildman–Crippen LogP) is 6.48. The van der Waals surface area contributed by atoms with Crippen molar-refractivity contribution >= 4 is 57.2 Å². The largest absolute Gasteiger partial charge is 0.384 e. The van der Waals surface area contributed by atoms with Gasteiger partial charge in [0.15, 0.2) is 10.1 Å². The highest BCUT2D eigenvalue weighted by Crippen LogP contribution is 2.51. The highest BCUT2D eigenvalue weighted by molar-refractivity contribution is 8.01. The molecule has 1 aromatic heterocycles. The van der Waals surface area contributed by atoms with Crippen molar-refractivity contribution < 1.29 is 9.59 Å². The maximum Gasteiger partial charge on any atom is 0.234 e. The van der Waals surface area contributed by atoms with Gasteiger partial charge in [-0.1, -0.05) is 84.4 Å². The first-order valence-electron chi connectivity index (χ1n) is 13.0. The van der Waals surface area contributed by atoms with Crippen molar-refractivity contribution in [3.8, 4) is 6.07 Å². The van der Waals surface area contributed by atoms with Gasteiger partial charge in [0.05, 0.1) is 23.3 Å². The molecular weight excluding hydrogens is 576 g/mol. The third kappa shape index (κ3) is 5.75. The maximum atomic E-state index is 13.7. The molecular formula is C30H29ClN6O2S2. The fraction of sp³-hybridized carbons (Fsp3) is 0.300. The summed E-state index contributed by atoms with van der Waals surface area (Å²) in [6, 6.07) is 15.3. The van der Waals surface area contributed by atoms with Crippen LogP contribution in [0.2, 0.25) is 5.02 Å². The lowest BCUT2D eigenvalue weighted by atomic mass is 9.68. The highest BCUT2D eigenvalue weighted by Gasteiger charge is 2.45. The summed E-state index contributed by atoms with van der Waals surface area (Å²) in [5.74, 6) is -0.532. The Balaban J connectivity index is 1.46. The lowest BCUT2D eigenvalue weighted by Gasteiger charge is -2.42. The van der Waals surface area contributed by atoms with Crippen molar-refractivity contribution in [1.82, 2.24) is 10.2 Å². The van der Waals surface area contributed by atoms with Crippen molar-refractivity contribution in [1.29, 1.82) is 5.26 Å². The summed E-state index contributed by atoms with van der Waals surface area (Å²) in [6.45, 7) is 8.03. The van der Waals surface area contributed by atoms with Crippen LogP contribution in [0.3, 0.4) is 0 Å². The average molecular weight is 605 g/mol. The van der Waals surface area contributed by atoms with Gasteiger partial charge in [0.1, 0.15) is 5.82 Å². The zero-order valence-corrected chi connectivity index (χ0v) is 25.5. The first-order chi connectivity index (χ1) is 19.5. The van der Waals surface area contributed by atoms with E-state index in [1.807, 2.05) is 64.1 Å². The summed E-state index contributed by atoms with van der Waals surface area (Å²) in [4.78, 5) is 28.0. The molecule has 1 unspecified atom stereocenters. The Kier molecular flexibility index (Phi) is 7.97. The SMILES string of the molecule is Cc1ccc(NC(=O)CSc2nnc(N3C(N)=C(C#N)C(c4ccccc4Cl)C4=C3CC(C)(C)CC4=O)s2)c(C)c1. The number of ketones is 1. The van der Waals surface area contributed by atoms with E-state index in [1.165, 1.54) is 23.1 Å². The number of aryl methyl sites for hydroxylation is 2. The first-order valence-corrected chi connectivity index (χ1v) is 15.2. The molecule has 41 heavy (non-hydrogen) atoms. The smallest absolute Gasteiger partial charge is 0.234 e. The summed E-state index contributed by atoms with van der Waals surface area (Å²) >= 11 is 9.09. The summed E-state index contributed by atoms with van der Waals surface area (Å²) in [5, 5.41) is 22.8. The minimum Gasteiger partial charge on any atom is -0.384 e. The topological polar surface area (TPSA) is 125 Å². The Morgan fingerprint density at radius 3 is 2.71 bits per heavy atom.